The number of anilines is 1. The number of hydrogen-bond donors (Lipinski definition) is 2. The Kier molecular flexibility index (Phi) is 5.35. The zero-order valence-corrected chi connectivity index (χ0v) is 9.43. The third-order valence-corrected chi connectivity index (χ3v) is 1.93. The number of rotatable bonds is 5. The van der Waals surface area contributed by atoms with Crippen LogP contribution in [-0.2, 0) is 4.74 Å². The first kappa shape index (κ1) is 13.4. The Balaban J connectivity index is 2.40. The van der Waals surface area contributed by atoms with Gasteiger partial charge in [-0.05, 0) is 18.7 Å². The van der Waals surface area contributed by atoms with Crippen molar-refractivity contribution in [2.45, 2.75) is 6.92 Å². The first-order chi connectivity index (χ1) is 8.13. The molecule has 0 atom stereocenters. The maximum Gasteiger partial charge on any atom is 0.411 e. The van der Waals surface area contributed by atoms with Crippen LogP contribution in [0.4, 0.5) is 19.3 Å². The Morgan fingerprint density at radius 1 is 1.41 bits per heavy atom. The summed E-state index contributed by atoms with van der Waals surface area (Å²) in [6.45, 7) is 3.41. The van der Waals surface area contributed by atoms with E-state index in [-0.39, 0.29) is 12.3 Å². The number of amides is 1. The second-order valence-electron chi connectivity index (χ2n) is 3.24. The maximum atomic E-state index is 13.1. The molecule has 1 aromatic carbocycles. The lowest BCUT2D eigenvalue weighted by atomic mass is 10.3. The molecule has 0 bridgehead atoms. The van der Waals surface area contributed by atoms with Crippen molar-refractivity contribution in [2.24, 2.45) is 0 Å². The van der Waals surface area contributed by atoms with E-state index in [2.05, 4.69) is 10.6 Å². The summed E-state index contributed by atoms with van der Waals surface area (Å²) >= 11 is 0. The van der Waals surface area contributed by atoms with Crippen LogP contribution in [0.1, 0.15) is 6.92 Å². The summed E-state index contributed by atoms with van der Waals surface area (Å²) in [6, 6.07) is 2.88. The molecule has 0 spiro atoms. The van der Waals surface area contributed by atoms with Gasteiger partial charge in [0.2, 0.25) is 0 Å². The Bertz CT molecular complexity index is 386. The van der Waals surface area contributed by atoms with E-state index in [0.717, 1.165) is 18.7 Å². The summed E-state index contributed by atoms with van der Waals surface area (Å²) in [4.78, 5) is 11.2. The molecule has 0 fully saturated rings. The molecule has 94 valence electrons. The zero-order valence-electron chi connectivity index (χ0n) is 9.43. The van der Waals surface area contributed by atoms with Gasteiger partial charge in [-0.25, -0.2) is 13.6 Å². The van der Waals surface area contributed by atoms with Crippen molar-refractivity contribution >= 4 is 11.8 Å². The van der Waals surface area contributed by atoms with Crippen molar-refractivity contribution in [3.8, 4) is 0 Å². The zero-order chi connectivity index (χ0) is 12.7. The van der Waals surface area contributed by atoms with Crippen LogP contribution in [0.5, 0.6) is 0 Å². The van der Waals surface area contributed by atoms with E-state index >= 15 is 0 Å². The molecule has 0 aliphatic rings. The van der Waals surface area contributed by atoms with Crippen molar-refractivity contribution in [1.82, 2.24) is 5.32 Å². The standard InChI is InChI=1S/C11H14F2N2O2/c1-2-14-5-6-17-11(16)15-10-4-3-8(12)7-9(10)13/h3-4,7,14H,2,5-6H2,1H3,(H,15,16). The molecule has 1 aromatic rings. The van der Waals surface area contributed by atoms with Gasteiger partial charge >= 0.3 is 6.09 Å². The molecular formula is C11H14F2N2O2. The van der Waals surface area contributed by atoms with Crippen LogP contribution in [0.3, 0.4) is 0 Å². The predicted molar refractivity (Wildman–Crippen MR) is 59.9 cm³/mol. The highest BCUT2D eigenvalue weighted by Crippen LogP contribution is 2.14. The minimum Gasteiger partial charge on any atom is -0.448 e. The lowest BCUT2D eigenvalue weighted by molar-refractivity contribution is 0.162. The number of hydrogen-bond acceptors (Lipinski definition) is 3. The molecule has 0 radical (unpaired) electrons. The topological polar surface area (TPSA) is 50.4 Å². The molecule has 1 rings (SSSR count). The van der Waals surface area contributed by atoms with Gasteiger partial charge in [0, 0.05) is 12.6 Å². The van der Waals surface area contributed by atoms with Gasteiger partial charge in [0.05, 0.1) is 5.69 Å². The average Bonchev–Trinajstić information content (AvgIpc) is 2.28. The summed E-state index contributed by atoms with van der Waals surface area (Å²) in [6.07, 6.45) is -0.770. The highest BCUT2D eigenvalue weighted by Gasteiger charge is 2.08. The van der Waals surface area contributed by atoms with Crippen molar-refractivity contribution in [3.63, 3.8) is 0 Å². The Morgan fingerprint density at radius 3 is 2.82 bits per heavy atom. The van der Waals surface area contributed by atoms with Gasteiger partial charge in [0.25, 0.3) is 0 Å². The minimum absolute atomic E-state index is 0.111. The van der Waals surface area contributed by atoms with Crippen LogP contribution in [0.25, 0.3) is 0 Å². The molecule has 4 nitrogen and oxygen atoms in total. The summed E-state index contributed by atoms with van der Waals surface area (Å²) < 4.78 is 30.5. The normalized spacial score (nSPS) is 10.1. The smallest absolute Gasteiger partial charge is 0.411 e. The molecular weight excluding hydrogens is 230 g/mol. The predicted octanol–water partition coefficient (Wildman–Crippen LogP) is 2.12. The minimum atomic E-state index is -0.839. The molecule has 1 amide bonds. The molecule has 0 heterocycles. The molecule has 2 N–H and O–H groups in total. The van der Waals surface area contributed by atoms with Crippen molar-refractivity contribution in [1.29, 1.82) is 0 Å². The molecule has 6 heteroatoms. The van der Waals surface area contributed by atoms with Crippen LogP contribution < -0.4 is 10.6 Å². The van der Waals surface area contributed by atoms with E-state index in [4.69, 9.17) is 4.74 Å². The fraction of sp³-hybridized carbons (Fsp3) is 0.364. The van der Waals surface area contributed by atoms with E-state index in [1.165, 1.54) is 0 Å². The van der Waals surface area contributed by atoms with Gasteiger partial charge in [-0.1, -0.05) is 6.92 Å². The molecule has 0 saturated carbocycles. The fourth-order valence-electron chi connectivity index (χ4n) is 1.13. The van der Waals surface area contributed by atoms with E-state index in [1.54, 1.807) is 0 Å². The molecule has 0 aliphatic heterocycles. The van der Waals surface area contributed by atoms with Crippen LogP contribution >= 0.6 is 0 Å². The third-order valence-electron chi connectivity index (χ3n) is 1.93. The molecule has 0 saturated heterocycles. The van der Waals surface area contributed by atoms with E-state index in [1.807, 2.05) is 6.92 Å². The van der Waals surface area contributed by atoms with Gasteiger partial charge in [-0.3, -0.25) is 5.32 Å². The average molecular weight is 244 g/mol. The number of benzene rings is 1. The van der Waals surface area contributed by atoms with Gasteiger partial charge in [-0.2, -0.15) is 0 Å². The Morgan fingerprint density at radius 2 is 2.18 bits per heavy atom. The molecule has 0 aliphatic carbocycles. The largest absolute Gasteiger partial charge is 0.448 e. The first-order valence-electron chi connectivity index (χ1n) is 5.23. The third kappa shape index (κ3) is 4.78. The van der Waals surface area contributed by atoms with Gasteiger partial charge in [0.15, 0.2) is 0 Å². The van der Waals surface area contributed by atoms with Gasteiger partial charge in [0.1, 0.15) is 18.2 Å². The number of ether oxygens (including phenoxy) is 1. The van der Waals surface area contributed by atoms with Crippen molar-refractivity contribution < 1.29 is 18.3 Å². The van der Waals surface area contributed by atoms with Crippen LogP contribution in [0.2, 0.25) is 0 Å². The van der Waals surface area contributed by atoms with Gasteiger partial charge in [-0.15, -0.1) is 0 Å². The highest BCUT2D eigenvalue weighted by atomic mass is 19.1. The number of nitrogens with one attached hydrogen (secondary N) is 2. The molecule has 17 heavy (non-hydrogen) atoms. The molecule has 0 aromatic heterocycles. The maximum absolute atomic E-state index is 13.1. The van der Waals surface area contributed by atoms with Crippen LogP contribution in [0, 0.1) is 11.6 Å². The SMILES string of the molecule is CCNCCOC(=O)Nc1ccc(F)cc1F. The van der Waals surface area contributed by atoms with Crippen LogP contribution in [-0.4, -0.2) is 25.8 Å². The first-order valence-corrected chi connectivity index (χ1v) is 5.23. The second-order valence-corrected chi connectivity index (χ2v) is 3.24. The summed E-state index contributed by atoms with van der Waals surface area (Å²) in [5.74, 6) is -1.54. The Hall–Kier alpha value is -1.69. The number of likely N-dealkylation sites (N-methyl/N-ethyl adjacent to an activating group) is 1. The second kappa shape index (κ2) is 6.80. The van der Waals surface area contributed by atoms with Crippen molar-refractivity contribution in [3.05, 3.63) is 29.8 Å². The summed E-state index contributed by atoms with van der Waals surface area (Å²) in [7, 11) is 0. The molecule has 0 unspecified atom stereocenters. The number of carbonyl (C=O) groups is 1. The van der Waals surface area contributed by atoms with Crippen molar-refractivity contribution in [2.75, 3.05) is 25.0 Å². The highest BCUT2D eigenvalue weighted by molar-refractivity contribution is 5.84. The summed E-state index contributed by atoms with van der Waals surface area (Å²) in [5.41, 5.74) is -0.111. The van der Waals surface area contributed by atoms with Gasteiger partial charge < -0.3 is 10.1 Å². The van der Waals surface area contributed by atoms with E-state index in [9.17, 15) is 13.6 Å². The monoisotopic (exact) mass is 244 g/mol. The Labute approximate surface area is 98.0 Å². The summed E-state index contributed by atoms with van der Waals surface area (Å²) in [5, 5.41) is 5.14. The van der Waals surface area contributed by atoms with E-state index < -0.39 is 17.7 Å². The lowest BCUT2D eigenvalue weighted by Crippen LogP contribution is -2.23. The fourth-order valence-corrected chi connectivity index (χ4v) is 1.13. The quantitative estimate of drug-likeness (QED) is 0.780. The van der Waals surface area contributed by atoms with E-state index in [0.29, 0.717) is 12.6 Å². The lowest BCUT2D eigenvalue weighted by Gasteiger charge is -2.07. The number of halogens is 2. The van der Waals surface area contributed by atoms with Crippen LogP contribution in [0.15, 0.2) is 18.2 Å². The number of carbonyl (C=O) groups excluding carboxylic acids is 1.